The van der Waals surface area contributed by atoms with Crippen LogP contribution in [0.3, 0.4) is 0 Å². The monoisotopic (exact) mass is 304 g/mol. The third kappa shape index (κ3) is 4.61. The topological polar surface area (TPSA) is 36.9 Å². The zero-order valence-corrected chi connectivity index (χ0v) is 13.3. The first kappa shape index (κ1) is 16.6. The SMILES string of the molecule is CCOCCOc1cccc2c(OCCOCC)cccc12. The lowest BCUT2D eigenvalue weighted by atomic mass is 10.1. The van der Waals surface area contributed by atoms with E-state index >= 15 is 0 Å². The van der Waals surface area contributed by atoms with Crippen molar-refractivity contribution in [3.8, 4) is 11.5 Å². The summed E-state index contributed by atoms with van der Waals surface area (Å²) in [5.41, 5.74) is 0. The van der Waals surface area contributed by atoms with E-state index in [4.69, 9.17) is 18.9 Å². The van der Waals surface area contributed by atoms with E-state index in [1.54, 1.807) is 0 Å². The summed E-state index contributed by atoms with van der Waals surface area (Å²) in [5, 5.41) is 2.10. The van der Waals surface area contributed by atoms with Crippen LogP contribution in [0.5, 0.6) is 11.5 Å². The van der Waals surface area contributed by atoms with Gasteiger partial charge in [-0.25, -0.2) is 0 Å². The van der Waals surface area contributed by atoms with Gasteiger partial charge < -0.3 is 18.9 Å². The molecule has 0 N–H and O–H groups in total. The normalized spacial score (nSPS) is 10.8. The van der Waals surface area contributed by atoms with E-state index in [-0.39, 0.29) is 0 Å². The second kappa shape index (κ2) is 9.28. The fourth-order valence-corrected chi connectivity index (χ4v) is 2.21. The summed E-state index contributed by atoms with van der Waals surface area (Å²) < 4.78 is 22.2. The van der Waals surface area contributed by atoms with Crippen molar-refractivity contribution in [3.63, 3.8) is 0 Å². The van der Waals surface area contributed by atoms with E-state index in [0.29, 0.717) is 39.6 Å². The van der Waals surface area contributed by atoms with Gasteiger partial charge in [-0.15, -0.1) is 0 Å². The van der Waals surface area contributed by atoms with Gasteiger partial charge in [-0.3, -0.25) is 0 Å². The van der Waals surface area contributed by atoms with Gasteiger partial charge in [0.2, 0.25) is 0 Å². The van der Waals surface area contributed by atoms with Gasteiger partial charge in [0.25, 0.3) is 0 Å². The summed E-state index contributed by atoms with van der Waals surface area (Å²) in [6.45, 7) is 7.64. The van der Waals surface area contributed by atoms with Crippen LogP contribution in [0.25, 0.3) is 10.8 Å². The Balaban J connectivity index is 2.08. The molecule has 2 rings (SSSR count). The quantitative estimate of drug-likeness (QED) is 0.628. The molecule has 120 valence electrons. The molecule has 4 nitrogen and oxygen atoms in total. The highest BCUT2D eigenvalue weighted by atomic mass is 16.5. The minimum atomic E-state index is 0.544. The molecule has 0 unspecified atom stereocenters. The number of hydrogen-bond donors (Lipinski definition) is 0. The lowest BCUT2D eigenvalue weighted by Crippen LogP contribution is -2.07. The summed E-state index contributed by atoms with van der Waals surface area (Å²) in [4.78, 5) is 0. The van der Waals surface area contributed by atoms with Gasteiger partial charge in [-0.05, 0) is 26.0 Å². The summed E-state index contributed by atoms with van der Waals surface area (Å²) in [6.07, 6.45) is 0. The third-order valence-electron chi connectivity index (χ3n) is 3.22. The standard InChI is InChI=1S/C18H24O4/c1-3-19-11-13-21-17-9-5-8-16-15(17)7-6-10-18(16)22-14-12-20-4-2/h5-10H,3-4,11-14H2,1-2H3. The average molecular weight is 304 g/mol. The molecule has 0 fully saturated rings. The summed E-state index contributed by atoms with van der Waals surface area (Å²) in [5.74, 6) is 1.71. The Morgan fingerprint density at radius 1 is 0.636 bits per heavy atom. The minimum Gasteiger partial charge on any atom is -0.491 e. The van der Waals surface area contributed by atoms with Crippen LogP contribution in [0.4, 0.5) is 0 Å². The fraction of sp³-hybridized carbons (Fsp3) is 0.444. The van der Waals surface area contributed by atoms with E-state index in [0.717, 1.165) is 22.3 Å². The molecule has 0 bridgehead atoms. The van der Waals surface area contributed by atoms with E-state index in [1.807, 2.05) is 50.2 Å². The molecule has 0 radical (unpaired) electrons. The average Bonchev–Trinajstić information content (AvgIpc) is 2.56. The summed E-state index contributed by atoms with van der Waals surface area (Å²) >= 11 is 0. The Bertz CT molecular complexity index is 517. The first-order chi connectivity index (χ1) is 10.9. The van der Waals surface area contributed by atoms with Crippen LogP contribution < -0.4 is 9.47 Å². The number of hydrogen-bond acceptors (Lipinski definition) is 4. The van der Waals surface area contributed by atoms with Crippen LogP contribution in [-0.4, -0.2) is 39.6 Å². The Labute approximate surface area is 131 Å². The summed E-state index contributed by atoms with van der Waals surface area (Å²) in [7, 11) is 0. The number of ether oxygens (including phenoxy) is 4. The Hall–Kier alpha value is -1.78. The van der Waals surface area contributed by atoms with Crippen LogP contribution in [0, 0.1) is 0 Å². The molecule has 0 aliphatic rings. The van der Waals surface area contributed by atoms with Crippen molar-refractivity contribution < 1.29 is 18.9 Å². The Morgan fingerprint density at radius 3 is 1.50 bits per heavy atom. The second-order valence-corrected chi connectivity index (χ2v) is 4.70. The van der Waals surface area contributed by atoms with Crippen LogP contribution in [0.15, 0.2) is 36.4 Å². The van der Waals surface area contributed by atoms with Crippen LogP contribution >= 0.6 is 0 Å². The van der Waals surface area contributed by atoms with E-state index in [1.165, 1.54) is 0 Å². The maximum absolute atomic E-state index is 5.81. The smallest absolute Gasteiger partial charge is 0.127 e. The molecule has 0 amide bonds. The molecule has 0 saturated heterocycles. The molecule has 0 aliphatic carbocycles. The maximum Gasteiger partial charge on any atom is 0.127 e. The van der Waals surface area contributed by atoms with Crippen molar-refractivity contribution >= 4 is 10.8 Å². The van der Waals surface area contributed by atoms with Gasteiger partial charge >= 0.3 is 0 Å². The van der Waals surface area contributed by atoms with Crippen LogP contribution in [-0.2, 0) is 9.47 Å². The second-order valence-electron chi connectivity index (χ2n) is 4.70. The van der Waals surface area contributed by atoms with Crippen molar-refractivity contribution in [2.24, 2.45) is 0 Å². The van der Waals surface area contributed by atoms with Crippen molar-refractivity contribution in [1.82, 2.24) is 0 Å². The van der Waals surface area contributed by atoms with E-state index in [2.05, 4.69) is 0 Å². The highest BCUT2D eigenvalue weighted by Gasteiger charge is 2.06. The third-order valence-corrected chi connectivity index (χ3v) is 3.22. The van der Waals surface area contributed by atoms with Gasteiger partial charge in [0.15, 0.2) is 0 Å². The Morgan fingerprint density at radius 2 is 1.09 bits per heavy atom. The fourth-order valence-electron chi connectivity index (χ4n) is 2.21. The first-order valence-electron chi connectivity index (χ1n) is 7.79. The molecule has 0 spiro atoms. The van der Waals surface area contributed by atoms with Gasteiger partial charge in [-0.1, -0.05) is 24.3 Å². The molecule has 2 aromatic rings. The van der Waals surface area contributed by atoms with Gasteiger partial charge in [-0.2, -0.15) is 0 Å². The maximum atomic E-state index is 5.81. The molecule has 0 saturated carbocycles. The molecule has 0 heterocycles. The van der Waals surface area contributed by atoms with E-state index in [9.17, 15) is 0 Å². The molecule has 4 heteroatoms. The first-order valence-corrected chi connectivity index (χ1v) is 7.79. The van der Waals surface area contributed by atoms with Gasteiger partial charge in [0.1, 0.15) is 24.7 Å². The van der Waals surface area contributed by atoms with Crippen molar-refractivity contribution in [2.75, 3.05) is 39.6 Å². The highest BCUT2D eigenvalue weighted by molar-refractivity contribution is 5.93. The molecular formula is C18H24O4. The van der Waals surface area contributed by atoms with Gasteiger partial charge in [0, 0.05) is 24.0 Å². The molecule has 0 aromatic heterocycles. The van der Waals surface area contributed by atoms with E-state index < -0.39 is 0 Å². The Kier molecular flexibility index (Phi) is 7.00. The predicted molar refractivity (Wildman–Crippen MR) is 87.9 cm³/mol. The number of fused-ring (bicyclic) bond motifs is 1. The van der Waals surface area contributed by atoms with Gasteiger partial charge in [0.05, 0.1) is 13.2 Å². The molecule has 22 heavy (non-hydrogen) atoms. The number of benzene rings is 2. The van der Waals surface area contributed by atoms with Crippen molar-refractivity contribution in [3.05, 3.63) is 36.4 Å². The molecule has 0 atom stereocenters. The molecular weight excluding hydrogens is 280 g/mol. The lowest BCUT2D eigenvalue weighted by Gasteiger charge is -2.13. The zero-order valence-electron chi connectivity index (χ0n) is 13.3. The van der Waals surface area contributed by atoms with Crippen LogP contribution in [0.2, 0.25) is 0 Å². The zero-order chi connectivity index (χ0) is 15.6. The highest BCUT2D eigenvalue weighted by Crippen LogP contribution is 2.32. The largest absolute Gasteiger partial charge is 0.491 e. The number of rotatable bonds is 10. The molecule has 2 aromatic carbocycles. The van der Waals surface area contributed by atoms with Crippen molar-refractivity contribution in [2.45, 2.75) is 13.8 Å². The van der Waals surface area contributed by atoms with Crippen molar-refractivity contribution in [1.29, 1.82) is 0 Å². The lowest BCUT2D eigenvalue weighted by molar-refractivity contribution is 0.110. The van der Waals surface area contributed by atoms with Crippen LogP contribution in [0.1, 0.15) is 13.8 Å². The summed E-state index contributed by atoms with van der Waals surface area (Å²) in [6, 6.07) is 12.0. The molecule has 0 aliphatic heterocycles. The predicted octanol–water partition coefficient (Wildman–Crippen LogP) is 3.67. The minimum absolute atomic E-state index is 0.544.